The van der Waals surface area contributed by atoms with E-state index in [1.165, 1.54) is 12.4 Å². The maximum atomic E-state index is 15.7. The molecule has 36 heavy (non-hydrogen) atoms. The van der Waals surface area contributed by atoms with E-state index in [9.17, 15) is 13.4 Å². The van der Waals surface area contributed by atoms with Gasteiger partial charge in [-0.25, -0.2) is 22.7 Å². The van der Waals surface area contributed by atoms with Crippen LogP contribution in [0.5, 0.6) is 0 Å². The van der Waals surface area contributed by atoms with Gasteiger partial charge in [0.1, 0.15) is 12.0 Å². The van der Waals surface area contributed by atoms with Gasteiger partial charge >= 0.3 is 0 Å². The molecule has 190 valence electrons. The predicted octanol–water partition coefficient (Wildman–Crippen LogP) is 4.47. The largest absolute Gasteiger partial charge is 0.309 e. The number of aromatic nitrogens is 5. The number of benzene rings is 1. The maximum absolute atomic E-state index is 15.7. The van der Waals surface area contributed by atoms with Gasteiger partial charge in [0.2, 0.25) is 5.91 Å². The Bertz CT molecular complexity index is 1530. The number of nitrogens with zero attached hydrogens (tertiary/aromatic N) is 4. The molecular formula is C23H24ClF2N7O2S. The molecule has 0 bridgehead atoms. The minimum Gasteiger partial charge on any atom is -0.309 e. The van der Waals surface area contributed by atoms with Gasteiger partial charge in [-0.2, -0.15) is 5.10 Å². The minimum atomic E-state index is -1.44. The van der Waals surface area contributed by atoms with E-state index in [1.54, 1.807) is 23.7 Å². The van der Waals surface area contributed by atoms with Crippen molar-refractivity contribution in [3.8, 4) is 11.3 Å². The highest BCUT2D eigenvalue weighted by atomic mass is 35.5. The fourth-order valence-corrected chi connectivity index (χ4v) is 5.03. The lowest BCUT2D eigenvalue weighted by Crippen LogP contribution is -2.35. The second kappa shape index (κ2) is 8.86. The van der Waals surface area contributed by atoms with Gasteiger partial charge in [0.25, 0.3) is 0 Å². The number of H-pyrrole nitrogens is 1. The molecule has 1 amide bonds. The summed E-state index contributed by atoms with van der Waals surface area (Å²) in [6, 6.07) is -0.634. The number of carbonyl (C=O) groups is 1. The molecule has 0 radical (unpaired) electrons. The Morgan fingerprint density at radius 3 is 2.72 bits per heavy atom. The smallest absolute Gasteiger partial charge is 0.231 e. The van der Waals surface area contributed by atoms with Crippen LogP contribution >= 0.6 is 11.6 Å². The van der Waals surface area contributed by atoms with Crippen LogP contribution in [-0.2, 0) is 15.8 Å². The fourth-order valence-electron chi connectivity index (χ4n) is 3.93. The molecule has 4 atom stereocenters. The molecule has 9 nitrogen and oxygen atoms in total. The Kier molecular flexibility index (Phi) is 6.08. The summed E-state index contributed by atoms with van der Waals surface area (Å²) in [7, 11) is -1.44. The van der Waals surface area contributed by atoms with Crippen molar-refractivity contribution in [2.75, 3.05) is 5.32 Å². The molecule has 1 aromatic carbocycles. The second-order valence-corrected chi connectivity index (χ2v) is 12.2. The number of hydrogen-bond acceptors (Lipinski definition) is 5. The summed E-state index contributed by atoms with van der Waals surface area (Å²) in [5.41, 5.74) is 1.73. The molecule has 0 aliphatic heterocycles. The van der Waals surface area contributed by atoms with Crippen molar-refractivity contribution in [3.05, 3.63) is 41.2 Å². The van der Waals surface area contributed by atoms with Crippen LogP contribution in [-0.4, -0.2) is 45.6 Å². The molecule has 5 rings (SSSR count). The number of halogens is 3. The lowest BCUT2D eigenvalue weighted by atomic mass is 9.99. The SMILES string of the molecule is CC(NS(=O)C(C)(C)C)c1c(F)c(Cl)c(-c2cn3cc(NC(=O)C4CC4F)nc3cn2)c2cn[nH]c12. The van der Waals surface area contributed by atoms with Gasteiger partial charge in [-0.3, -0.25) is 14.9 Å². The number of anilines is 1. The summed E-state index contributed by atoms with van der Waals surface area (Å²) >= 11 is 6.54. The highest BCUT2D eigenvalue weighted by Crippen LogP contribution is 2.40. The number of imidazole rings is 1. The molecule has 13 heteroatoms. The molecule has 1 aliphatic carbocycles. The number of nitrogens with one attached hydrogen (secondary N) is 3. The maximum Gasteiger partial charge on any atom is 0.231 e. The highest BCUT2D eigenvalue weighted by Gasteiger charge is 2.43. The molecule has 4 aromatic rings. The van der Waals surface area contributed by atoms with E-state index in [2.05, 4.69) is 30.2 Å². The molecule has 1 saturated carbocycles. The third-order valence-corrected chi connectivity index (χ3v) is 8.03. The lowest BCUT2D eigenvalue weighted by Gasteiger charge is -2.23. The molecule has 3 N–H and O–H groups in total. The molecule has 3 heterocycles. The topological polar surface area (TPSA) is 117 Å². The number of amides is 1. The van der Waals surface area contributed by atoms with E-state index < -0.39 is 45.6 Å². The van der Waals surface area contributed by atoms with Crippen LogP contribution in [0.1, 0.15) is 45.7 Å². The number of alkyl halides is 1. The first-order chi connectivity index (χ1) is 17.0. The molecule has 0 spiro atoms. The van der Waals surface area contributed by atoms with Crippen molar-refractivity contribution in [2.45, 2.75) is 51.1 Å². The number of fused-ring (bicyclic) bond motifs is 2. The van der Waals surface area contributed by atoms with Crippen molar-refractivity contribution in [1.29, 1.82) is 0 Å². The zero-order chi connectivity index (χ0) is 25.9. The molecule has 3 aromatic heterocycles. The third-order valence-electron chi connectivity index (χ3n) is 6.00. The van der Waals surface area contributed by atoms with Crippen LogP contribution < -0.4 is 10.0 Å². The standard InChI is InChI=1S/C23H24ClF2N7O2S/c1-10(32-36(35)23(2,3)4)17-20(26)19(24)18(12-6-28-31-21(12)17)14-8-33-9-15(29-16(33)7-27-14)30-22(34)11-5-13(11)25/h6-11,13,32H,5H2,1-4H3,(H,28,31)(H,30,34). The Labute approximate surface area is 212 Å². The number of aromatic amines is 1. The van der Waals surface area contributed by atoms with Gasteiger partial charge in [0.05, 0.1) is 56.5 Å². The summed E-state index contributed by atoms with van der Waals surface area (Å²) in [6.07, 6.45) is 5.26. The van der Waals surface area contributed by atoms with Crippen molar-refractivity contribution >= 4 is 50.9 Å². The summed E-state index contributed by atoms with van der Waals surface area (Å²) in [6.45, 7) is 7.16. The van der Waals surface area contributed by atoms with Gasteiger partial charge in [0.15, 0.2) is 11.5 Å². The first-order valence-electron chi connectivity index (χ1n) is 11.3. The monoisotopic (exact) mass is 535 g/mol. The van der Waals surface area contributed by atoms with E-state index in [0.717, 1.165) is 0 Å². The van der Waals surface area contributed by atoms with E-state index in [-0.39, 0.29) is 22.8 Å². The van der Waals surface area contributed by atoms with Gasteiger partial charge in [-0.1, -0.05) is 11.6 Å². The van der Waals surface area contributed by atoms with Crippen molar-refractivity contribution in [3.63, 3.8) is 0 Å². The Morgan fingerprint density at radius 2 is 2.06 bits per heavy atom. The normalized spacial score (nSPS) is 19.5. The fraction of sp³-hybridized carbons (Fsp3) is 0.391. The first-order valence-corrected chi connectivity index (χ1v) is 12.8. The molecule has 0 saturated heterocycles. The van der Waals surface area contributed by atoms with Gasteiger partial charge < -0.3 is 9.72 Å². The Balaban J connectivity index is 1.53. The predicted molar refractivity (Wildman–Crippen MR) is 134 cm³/mol. The van der Waals surface area contributed by atoms with Crippen molar-refractivity contribution in [1.82, 2.24) is 29.3 Å². The van der Waals surface area contributed by atoms with Crippen LogP contribution in [0.4, 0.5) is 14.6 Å². The Morgan fingerprint density at radius 1 is 1.33 bits per heavy atom. The lowest BCUT2D eigenvalue weighted by molar-refractivity contribution is -0.117. The second-order valence-electron chi connectivity index (χ2n) is 9.81. The Hall–Kier alpha value is -2.96. The van der Waals surface area contributed by atoms with Crippen LogP contribution in [0, 0.1) is 11.7 Å². The van der Waals surface area contributed by atoms with E-state index >= 15 is 4.39 Å². The van der Waals surface area contributed by atoms with E-state index in [1.807, 2.05) is 20.8 Å². The zero-order valence-corrected chi connectivity index (χ0v) is 21.5. The van der Waals surface area contributed by atoms with E-state index in [0.29, 0.717) is 27.8 Å². The number of rotatable bonds is 6. The van der Waals surface area contributed by atoms with E-state index in [4.69, 9.17) is 11.6 Å². The average molecular weight is 536 g/mol. The summed E-state index contributed by atoms with van der Waals surface area (Å²) in [4.78, 5) is 20.7. The van der Waals surface area contributed by atoms with Crippen LogP contribution in [0.25, 0.3) is 27.8 Å². The van der Waals surface area contributed by atoms with Crippen LogP contribution in [0.3, 0.4) is 0 Å². The minimum absolute atomic E-state index is 0.155. The quantitative estimate of drug-likeness (QED) is 0.337. The van der Waals surface area contributed by atoms with Gasteiger partial charge in [-0.05, 0) is 34.1 Å². The van der Waals surface area contributed by atoms with Crippen LogP contribution in [0.15, 0.2) is 24.8 Å². The molecule has 1 fully saturated rings. The molecule has 1 aliphatic rings. The number of carbonyl (C=O) groups excluding carboxylic acids is 1. The molecular weight excluding hydrogens is 512 g/mol. The summed E-state index contributed by atoms with van der Waals surface area (Å²) in [5, 5.41) is 9.90. The average Bonchev–Trinajstić information content (AvgIpc) is 3.16. The van der Waals surface area contributed by atoms with Crippen molar-refractivity contribution in [2.24, 2.45) is 5.92 Å². The summed E-state index contributed by atoms with van der Waals surface area (Å²) < 4.78 is 45.5. The summed E-state index contributed by atoms with van der Waals surface area (Å²) in [5.74, 6) is -1.49. The van der Waals surface area contributed by atoms with Crippen LogP contribution in [0.2, 0.25) is 5.02 Å². The molecule has 4 unspecified atom stereocenters. The van der Waals surface area contributed by atoms with Gasteiger partial charge in [0, 0.05) is 28.8 Å². The number of hydrogen-bond donors (Lipinski definition) is 3. The highest BCUT2D eigenvalue weighted by molar-refractivity contribution is 7.84. The van der Waals surface area contributed by atoms with Gasteiger partial charge in [-0.15, -0.1) is 0 Å². The zero-order valence-electron chi connectivity index (χ0n) is 19.9. The first kappa shape index (κ1) is 24.7. The third kappa shape index (κ3) is 4.37. The van der Waals surface area contributed by atoms with Crippen molar-refractivity contribution < 1.29 is 17.8 Å².